The van der Waals surface area contributed by atoms with Crippen LogP contribution in [0.2, 0.25) is 0 Å². The minimum atomic E-state index is -3.84. The zero-order chi connectivity index (χ0) is 21.9. The minimum absolute atomic E-state index is 0.0102. The number of halogens is 3. The molecule has 160 valence electrons. The number of anilines is 2. The van der Waals surface area contributed by atoms with Crippen molar-refractivity contribution in [3.05, 3.63) is 47.8 Å². The average Bonchev–Trinajstić information content (AvgIpc) is 2.96. The van der Waals surface area contributed by atoms with Crippen LogP contribution >= 0.6 is 0 Å². The zero-order valence-corrected chi connectivity index (χ0v) is 16.6. The predicted molar refractivity (Wildman–Crippen MR) is 102 cm³/mol. The number of ether oxygens (including phenoxy) is 2. The molecule has 0 radical (unpaired) electrons. The van der Waals surface area contributed by atoms with E-state index in [2.05, 4.69) is 20.1 Å². The Balaban J connectivity index is 1.70. The highest BCUT2D eigenvalue weighted by molar-refractivity contribution is 7.89. The summed E-state index contributed by atoms with van der Waals surface area (Å²) in [7, 11) is -2.61. The zero-order valence-electron chi connectivity index (χ0n) is 15.8. The number of guanidine groups is 1. The first kappa shape index (κ1) is 20.1. The molecule has 1 atom stereocenters. The molecule has 30 heavy (non-hydrogen) atoms. The van der Waals surface area contributed by atoms with Gasteiger partial charge in [0.25, 0.3) is 0 Å². The smallest absolute Gasteiger partial charge is 0.395 e. The average molecular weight is 442 g/mol. The van der Waals surface area contributed by atoms with Crippen LogP contribution in [0, 0.1) is 11.2 Å². The van der Waals surface area contributed by atoms with Crippen molar-refractivity contribution in [2.75, 3.05) is 18.1 Å². The molecule has 1 fully saturated rings. The number of nitrogens with zero attached hydrogens (tertiary/aromatic N) is 1. The van der Waals surface area contributed by atoms with Gasteiger partial charge in [-0.15, -0.1) is 8.78 Å². The lowest BCUT2D eigenvalue weighted by atomic mass is 9.93. The molecule has 2 aromatic rings. The number of para-hydroxylation sites is 1. The summed E-state index contributed by atoms with van der Waals surface area (Å²) in [4.78, 5) is 0. The van der Waals surface area contributed by atoms with Crippen molar-refractivity contribution >= 4 is 27.4 Å². The first-order chi connectivity index (χ1) is 13.9. The Kier molecular flexibility index (Phi) is 4.31. The Labute approximate surface area is 170 Å². The standard InChI is InChI=1S/C18H17F3N4O4S/c1-17(9-30(26,27)25(2)16(22)24-17)11-8-10(6-7-12(11)19)23-13-4-3-5-14-15(13)29-18(20,21)28-14/h3-8,23H,9H2,1-2H3,(H2,22,24)/t17-/m0/s1. The molecule has 2 aliphatic rings. The summed E-state index contributed by atoms with van der Waals surface area (Å²) in [5.41, 5.74) is -0.979. The molecule has 2 heterocycles. The first-order valence-electron chi connectivity index (χ1n) is 8.69. The quantitative estimate of drug-likeness (QED) is 0.676. The third-order valence-electron chi connectivity index (χ3n) is 4.87. The number of hydrogen-bond acceptors (Lipinski definition) is 6. The molecule has 8 nitrogen and oxygen atoms in total. The van der Waals surface area contributed by atoms with Gasteiger partial charge in [-0.25, -0.2) is 17.1 Å². The van der Waals surface area contributed by atoms with Crippen molar-refractivity contribution in [2.45, 2.75) is 18.8 Å². The van der Waals surface area contributed by atoms with E-state index >= 15 is 0 Å². The maximum absolute atomic E-state index is 14.6. The summed E-state index contributed by atoms with van der Waals surface area (Å²) >= 11 is 0. The van der Waals surface area contributed by atoms with Crippen LogP contribution < -0.4 is 20.1 Å². The molecule has 2 aliphatic heterocycles. The summed E-state index contributed by atoms with van der Waals surface area (Å²) in [6.45, 7) is 1.46. The monoisotopic (exact) mass is 442 g/mol. The van der Waals surface area contributed by atoms with Gasteiger partial charge < -0.3 is 20.1 Å². The normalized spacial score (nSPS) is 23.8. The van der Waals surface area contributed by atoms with Gasteiger partial charge in [-0.1, -0.05) is 6.07 Å². The van der Waals surface area contributed by atoms with Crippen LogP contribution in [0.3, 0.4) is 0 Å². The largest absolute Gasteiger partial charge is 0.586 e. The van der Waals surface area contributed by atoms with Crippen molar-refractivity contribution in [1.82, 2.24) is 9.62 Å². The van der Waals surface area contributed by atoms with Gasteiger partial charge in [0.05, 0.1) is 17.0 Å². The van der Waals surface area contributed by atoms with Gasteiger partial charge in [0.15, 0.2) is 11.5 Å². The van der Waals surface area contributed by atoms with E-state index in [1.807, 2.05) is 0 Å². The van der Waals surface area contributed by atoms with Gasteiger partial charge in [0, 0.05) is 18.3 Å². The predicted octanol–water partition coefficient (Wildman–Crippen LogP) is 2.91. The second-order valence-corrected chi connectivity index (χ2v) is 9.15. The summed E-state index contributed by atoms with van der Waals surface area (Å²) in [5, 5.41) is 13.5. The number of fused-ring (bicyclic) bond motifs is 1. The van der Waals surface area contributed by atoms with Crippen LogP contribution in [0.25, 0.3) is 0 Å². The van der Waals surface area contributed by atoms with E-state index in [-0.39, 0.29) is 22.7 Å². The van der Waals surface area contributed by atoms with E-state index in [1.54, 1.807) is 0 Å². The third-order valence-corrected chi connectivity index (χ3v) is 6.83. The van der Waals surface area contributed by atoms with Crippen LogP contribution in [0.4, 0.5) is 24.5 Å². The van der Waals surface area contributed by atoms with E-state index in [4.69, 9.17) is 5.41 Å². The van der Waals surface area contributed by atoms with Crippen LogP contribution in [-0.4, -0.2) is 37.8 Å². The fourth-order valence-electron chi connectivity index (χ4n) is 3.37. The maximum atomic E-state index is 14.6. The fourth-order valence-corrected chi connectivity index (χ4v) is 4.85. The molecule has 0 spiro atoms. The Morgan fingerprint density at radius 2 is 1.97 bits per heavy atom. The Morgan fingerprint density at radius 3 is 2.67 bits per heavy atom. The van der Waals surface area contributed by atoms with E-state index in [0.717, 1.165) is 10.4 Å². The van der Waals surface area contributed by atoms with E-state index < -0.39 is 39.4 Å². The molecular formula is C18H17F3N4O4S. The van der Waals surface area contributed by atoms with E-state index in [9.17, 15) is 21.6 Å². The van der Waals surface area contributed by atoms with Gasteiger partial charge in [0.2, 0.25) is 16.0 Å². The molecule has 3 N–H and O–H groups in total. The third kappa shape index (κ3) is 3.36. The summed E-state index contributed by atoms with van der Waals surface area (Å²) in [5.74, 6) is -1.93. The molecule has 1 saturated heterocycles. The second-order valence-electron chi connectivity index (χ2n) is 7.15. The van der Waals surface area contributed by atoms with Crippen LogP contribution in [0.15, 0.2) is 36.4 Å². The van der Waals surface area contributed by atoms with Crippen LogP contribution in [0.1, 0.15) is 12.5 Å². The van der Waals surface area contributed by atoms with Gasteiger partial charge >= 0.3 is 6.29 Å². The molecule has 12 heteroatoms. The molecular weight excluding hydrogens is 425 g/mol. The van der Waals surface area contributed by atoms with Crippen molar-refractivity contribution in [1.29, 1.82) is 5.41 Å². The number of alkyl halides is 2. The molecule has 2 aromatic carbocycles. The van der Waals surface area contributed by atoms with Gasteiger partial charge in [-0.3, -0.25) is 5.41 Å². The molecule has 0 aliphatic carbocycles. The highest BCUT2D eigenvalue weighted by Gasteiger charge is 2.45. The Bertz CT molecular complexity index is 1160. The highest BCUT2D eigenvalue weighted by Crippen LogP contribution is 2.46. The second kappa shape index (κ2) is 6.42. The number of hydrogen-bond donors (Lipinski definition) is 3. The lowest BCUT2D eigenvalue weighted by molar-refractivity contribution is -0.286. The Hall–Kier alpha value is -3.15. The number of rotatable bonds is 3. The molecule has 0 bridgehead atoms. The van der Waals surface area contributed by atoms with Crippen molar-refractivity contribution < 1.29 is 31.1 Å². The SMILES string of the molecule is CN1C(=N)N[C@](C)(c2cc(Nc3cccc4c3OC(F)(F)O4)ccc2F)CS1(=O)=O. The molecule has 0 saturated carbocycles. The van der Waals surface area contributed by atoms with Crippen molar-refractivity contribution in [3.63, 3.8) is 0 Å². The van der Waals surface area contributed by atoms with Gasteiger partial charge in [0.1, 0.15) is 5.82 Å². The fraction of sp³-hybridized carbons (Fsp3) is 0.278. The highest BCUT2D eigenvalue weighted by atomic mass is 32.2. The number of benzene rings is 2. The lowest BCUT2D eigenvalue weighted by Crippen LogP contribution is -2.61. The minimum Gasteiger partial charge on any atom is -0.395 e. The van der Waals surface area contributed by atoms with E-state index in [0.29, 0.717) is 5.69 Å². The maximum Gasteiger partial charge on any atom is 0.586 e. The topological polar surface area (TPSA) is 104 Å². The summed E-state index contributed by atoms with van der Waals surface area (Å²) < 4.78 is 75.9. The molecule has 0 amide bonds. The van der Waals surface area contributed by atoms with Crippen molar-refractivity contribution in [2.24, 2.45) is 0 Å². The van der Waals surface area contributed by atoms with Gasteiger partial charge in [-0.2, -0.15) is 0 Å². The molecule has 4 rings (SSSR count). The first-order valence-corrected chi connectivity index (χ1v) is 10.3. The lowest BCUT2D eigenvalue weighted by Gasteiger charge is -2.40. The van der Waals surface area contributed by atoms with Crippen LogP contribution in [-0.2, 0) is 15.6 Å². The molecule has 0 aromatic heterocycles. The van der Waals surface area contributed by atoms with E-state index in [1.165, 1.54) is 44.3 Å². The Morgan fingerprint density at radius 1 is 1.23 bits per heavy atom. The molecule has 0 unspecified atom stereocenters. The number of nitrogens with one attached hydrogen (secondary N) is 3. The summed E-state index contributed by atoms with van der Waals surface area (Å²) in [6, 6.07) is 8.10. The number of sulfonamides is 1. The van der Waals surface area contributed by atoms with Gasteiger partial charge in [-0.05, 0) is 37.3 Å². The van der Waals surface area contributed by atoms with Crippen molar-refractivity contribution in [3.8, 4) is 11.5 Å². The summed E-state index contributed by atoms with van der Waals surface area (Å²) in [6.07, 6.45) is -3.80. The van der Waals surface area contributed by atoms with Crippen LogP contribution in [0.5, 0.6) is 11.5 Å².